The predicted molar refractivity (Wildman–Crippen MR) is 98.8 cm³/mol. The predicted octanol–water partition coefficient (Wildman–Crippen LogP) is 1.96. The van der Waals surface area contributed by atoms with Gasteiger partial charge in [-0.15, -0.1) is 0 Å². The molecule has 1 saturated heterocycles. The average Bonchev–Trinajstić information content (AvgIpc) is 2.70. The highest BCUT2D eigenvalue weighted by molar-refractivity contribution is 6.05. The van der Waals surface area contributed by atoms with Crippen molar-refractivity contribution in [3.8, 4) is 0 Å². The Balaban J connectivity index is 1.82. The Morgan fingerprint density at radius 3 is 2.37 bits per heavy atom. The molecule has 6 nitrogen and oxygen atoms in total. The summed E-state index contributed by atoms with van der Waals surface area (Å²) in [6, 6.07) is 14.6. The summed E-state index contributed by atoms with van der Waals surface area (Å²) in [6.45, 7) is 2.07. The van der Waals surface area contributed by atoms with Gasteiger partial charge in [-0.2, -0.15) is 0 Å². The fourth-order valence-electron chi connectivity index (χ4n) is 2.57. The molecule has 7 heteroatoms. The summed E-state index contributed by atoms with van der Waals surface area (Å²) >= 11 is 0. The van der Waals surface area contributed by atoms with Crippen LogP contribution in [0.15, 0.2) is 60.3 Å². The lowest BCUT2D eigenvalue weighted by atomic mass is 10.1. The van der Waals surface area contributed by atoms with Crippen molar-refractivity contribution in [1.82, 2.24) is 15.8 Å². The average molecular weight is 369 g/mol. The van der Waals surface area contributed by atoms with Crippen LogP contribution in [0.2, 0.25) is 0 Å². The zero-order valence-electron chi connectivity index (χ0n) is 14.7. The molecular weight excluding hydrogens is 349 g/mol. The molecular formula is C20H20FN3O3. The molecule has 0 aromatic heterocycles. The van der Waals surface area contributed by atoms with Crippen LogP contribution in [-0.2, 0) is 9.53 Å². The summed E-state index contributed by atoms with van der Waals surface area (Å²) in [5, 5.41) is 4.29. The molecule has 1 heterocycles. The van der Waals surface area contributed by atoms with Gasteiger partial charge in [-0.25, -0.2) is 9.40 Å². The molecule has 2 amide bonds. The number of ether oxygens (including phenoxy) is 1. The minimum atomic E-state index is -0.524. The SMILES string of the molecule is O=C(NN1CCOCC1)C(=Cc1ccccc1F)NC(=O)c1ccccc1. The maximum absolute atomic E-state index is 14.0. The summed E-state index contributed by atoms with van der Waals surface area (Å²) in [6.07, 6.45) is 1.33. The number of nitrogens with zero attached hydrogens (tertiary/aromatic N) is 1. The van der Waals surface area contributed by atoms with E-state index in [9.17, 15) is 14.0 Å². The van der Waals surface area contributed by atoms with Gasteiger partial charge >= 0.3 is 0 Å². The van der Waals surface area contributed by atoms with Crippen molar-refractivity contribution in [1.29, 1.82) is 0 Å². The number of morpholine rings is 1. The van der Waals surface area contributed by atoms with E-state index in [1.54, 1.807) is 47.5 Å². The molecule has 0 spiro atoms. The molecule has 0 unspecified atom stereocenters. The molecule has 3 rings (SSSR count). The molecule has 140 valence electrons. The molecule has 0 bridgehead atoms. The van der Waals surface area contributed by atoms with Crippen molar-refractivity contribution < 1.29 is 18.7 Å². The van der Waals surface area contributed by atoms with Gasteiger partial charge in [0, 0.05) is 24.2 Å². The van der Waals surface area contributed by atoms with Crippen molar-refractivity contribution in [2.45, 2.75) is 0 Å². The first-order valence-corrected chi connectivity index (χ1v) is 8.60. The Bertz CT molecular complexity index is 833. The molecule has 1 aliphatic heterocycles. The minimum Gasteiger partial charge on any atom is -0.379 e. The van der Waals surface area contributed by atoms with Crippen molar-refractivity contribution in [2.75, 3.05) is 26.3 Å². The van der Waals surface area contributed by atoms with Gasteiger partial charge in [-0.05, 0) is 24.3 Å². The second-order valence-corrected chi connectivity index (χ2v) is 5.94. The highest BCUT2D eigenvalue weighted by Gasteiger charge is 2.19. The van der Waals surface area contributed by atoms with Gasteiger partial charge in [0.2, 0.25) is 0 Å². The van der Waals surface area contributed by atoms with Crippen LogP contribution >= 0.6 is 0 Å². The maximum Gasteiger partial charge on any atom is 0.282 e. The van der Waals surface area contributed by atoms with Crippen molar-refractivity contribution in [3.05, 3.63) is 77.2 Å². The number of carbonyl (C=O) groups is 2. The fraction of sp³-hybridized carbons (Fsp3) is 0.200. The second kappa shape index (κ2) is 9.07. The van der Waals surface area contributed by atoms with Crippen molar-refractivity contribution in [3.63, 3.8) is 0 Å². The number of nitrogens with one attached hydrogen (secondary N) is 2. The van der Waals surface area contributed by atoms with Crippen LogP contribution in [0.25, 0.3) is 6.08 Å². The lowest BCUT2D eigenvalue weighted by molar-refractivity contribution is -0.124. The lowest BCUT2D eigenvalue weighted by Crippen LogP contribution is -2.50. The third-order valence-electron chi connectivity index (χ3n) is 4.00. The van der Waals surface area contributed by atoms with Gasteiger partial charge in [-0.3, -0.25) is 15.0 Å². The van der Waals surface area contributed by atoms with E-state index < -0.39 is 17.6 Å². The van der Waals surface area contributed by atoms with E-state index in [4.69, 9.17) is 4.74 Å². The van der Waals surface area contributed by atoms with E-state index in [1.165, 1.54) is 18.2 Å². The summed E-state index contributed by atoms with van der Waals surface area (Å²) in [7, 11) is 0. The Labute approximate surface area is 156 Å². The van der Waals surface area contributed by atoms with Gasteiger partial charge in [0.05, 0.1) is 13.2 Å². The minimum absolute atomic E-state index is 0.0413. The third-order valence-corrected chi connectivity index (χ3v) is 4.00. The first-order chi connectivity index (χ1) is 13.1. The van der Waals surface area contributed by atoms with E-state index in [-0.39, 0.29) is 11.3 Å². The first kappa shape index (κ1) is 18.8. The Kier molecular flexibility index (Phi) is 6.30. The van der Waals surface area contributed by atoms with Crippen LogP contribution in [0, 0.1) is 5.82 Å². The maximum atomic E-state index is 14.0. The first-order valence-electron chi connectivity index (χ1n) is 8.60. The van der Waals surface area contributed by atoms with E-state index in [0.717, 1.165) is 0 Å². The number of halogens is 1. The third kappa shape index (κ3) is 5.22. The summed E-state index contributed by atoms with van der Waals surface area (Å²) in [5.41, 5.74) is 3.29. The molecule has 0 radical (unpaired) electrons. The van der Waals surface area contributed by atoms with Gasteiger partial charge in [0.15, 0.2) is 0 Å². The monoisotopic (exact) mass is 369 g/mol. The normalized spacial score (nSPS) is 15.2. The topological polar surface area (TPSA) is 70.7 Å². The molecule has 1 aliphatic rings. The van der Waals surface area contributed by atoms with Crippen LogP contribution in [0.4, 0.5) is 4.39 Å². The highest BCUT2D eigenvalue weighted by atomic mass is 19.1. The summed E-state index contributed by atoms with van der Waals surface area (Å²) in [5.74, 6) is -1.46. The molecule has 2 N–H and O–H groups in total. The second-order valence-electron chi connectivity index (χ2n) is 5.94. The summed E-state index contributed by atoms with van der Waals surface area (Å²) < 4.78 is 19.3. The molecule has 27 heavy (non-hydrogen) atoms. The number of amides is 2. The number of hydrazine groups is 1. The smallest absolute Gasteiger partial charge is 0.282 e. The van der Waals surface area contributed by atoms with E-state index >= 15 is 0 Å². The number of benzene rings is 2. The molecule has 1 fully saturated rings. The van der Waals surface area contributed by atoms with Gasteiger partial charge < -0.3 is 10.1 Å². The van der Waals surface area contributed by atoms with Gasteiger partial charge in [0.1, 0.15) is 11.5 Å². The van der Waals surface area contributed by atoms with Gasteiger partial charge in [-0.1, -0.05) is 36.4 Å². The quantitative estimate of drug-likeness (QED) is 0.791. The Morgan fingerprint density at radius 1 is 1.00 bits per heavy atom. The zero-order valence-corrected chi connectivity index (χ0v) is 14.7. The van der Waals surface area contributed by atoms with Crippen LogP contribution in [0.3, 0.4) is 0 Å². The molecule has 0 aliphatic carbocycles. The fourth-order valence-corrected chi connectivity index (χ4v) is 2.57. The van der Waals surface area contributed by atoms with Crippen LogP contribution in [0.5, 0.6) is 0 Å². The molecule has 2 aromatic rings. The highest BCUT2D eigenvalue weighted by Crippen LogP contribution is 2.12. The standard InChI is InChI=1S/C20H20FN3O3/c21-17-9-5-4-8-16(17)14-18(20(26)23-24-10-12-27-13-11-24)22-19(25)15-6-2-1-3-7-15/h1-9,14H,10-13H2,(H,22,25)(H,23,26). The molecule has 0 saturated carbocycles. The van der Waals surface area contributed by atoms with E-state index in [2.05, 4.69) is 10.7 Å². The largest absolute Gasteiger partial charge is 0.379 e. The Hall–Kier alpha value is -3.03. The van der Waals surface area contributed by atoms with E-state index in [0.29, 0.717) is 31.9 Å². The van der Waals surface area contributed by atoms with Crippen molar-refractivity contribution in [2.24, 2.45) is 0 Å². The van der Waals surface area contributed by atoms with Crippen molar-refractivity contribution >= 4 is 17.9 Å². The Morgan fingerprint density at radius 2 is 1.67 bits per heavy atom. The van der Waals surface area contributed by atoms with Crippen LogP contribution in [-0.4, -0.2) is 43.1 Å². The lowest BCUT2D eigenvalue weighted by Gasteiger charge is -2.27. The summed E-state index contributed by atoms with van der Waals surface area (Å²) in [4.78, 5) is 25.2. The zero-order chi connectivity index (χ0) is 19.1. The van der Waals surface area contributed by atoms with Crippen LogP contribution < -0.4 is 10.7 Å². The van der Waals surface area contributed by atoms with Crippen LogP contribution in [0.1, 0.15) is 15.9 Å². The van der Waals surface area contributed by atoms with Gasteiger partial charge in [0.25, 0.3) is 11.8 Å². The molecule has 2 aromatic carbocycles. The number of carbonyl (C=O) groups excluding carboxylic acids is 2. The number of rotatable bonds is 5. The number of hydrogen-bond acceptors (Lipinski definition) is 4. The van der Waals surface area contributed by atoms with E-state index in [1.807, 2.05) is 0 Å². The number of hydrogen-bond donors (Lipinski definition) is 2. The molecule has 0 atom stereocenters.